The summed E-state index contributed by atoms with van der Waals surface area (Å²) in [7, 11) is 0. The summed E-state index contributed by atoms with van der Waals surface area (Å²) in [6.07, 6.45) is 0. The van der Waals surface area contributed by atoms with Crippen molar-refractivity contribution in [1.82, 2.24) is 10.2 Å². The number of nitrogens with zero attached hydrogens (tertiary/aromatic N) is 1. The summed E-state index contributed by atoms with van der Waals surface area (Å²) in [5.74, 6) is -0.217. The topological polar surface area (TPSA) is 49.4 Å². The molecule has 1 atom stereocenters. The van der Waals surface area contributed by atoms with Crippen LogP contribution < -0.4 is 5.32 Å². The number of hydrogen-bond acceptors (Lipinski definition) is 3. The fourth-order valence-electron chi connectivity index (χ4n) is 2.36. The van der Waals surface area contributed by atoms with E-state index in [1.165, 1.54) is 16.2 Å². The Morgan fingerprint density at radius 3 is 2.52 bits per heavy atom. The van der Waals surface area contributed by atoms with Gasteiger partial charge in [-0.05, 0) is 40.5 Å². The van der Waals surface area contributed by atoms with Crippen molar-refractivity contribution >= 4 is 39.2 Å². The first kappa shape index (κ1) is 14.3. The molecule has 2 aromatic rings. The van der Waals surface area contributed by atoms with Gasteiger partial charge in [-0.25, -0.2) is 4.79 Å². The Labute approximate surface area is 134 Å². The number of nitrogens with one attached hydrogen (secondary N) is 1. The number of carbonyl (C=O) groups is 2. The third-order valence-corrected chi connectivity index (χ3v) is 5.37. The molecule has 0 spiro atoms. The highest BCUT2D eigenvalue weighted by atomic mass is 79.9. The van der Waals surface area contributed by atoms with E-state index in [0.717, 1.165) is 14.2 Å². The van der Waals surface area contributed by atoms with Crippen molar-refractivity contribution in [3.8, 4) is 0 Å². The number of carbonyl (C=O) groups excluding carboxylic acids is 2. The average Bonchev–Trinajstić information content (AvgIpc) is 2.99. The number of halogens is 1. The van der Waals surface area contributed by atoms with Gasteiger partial charge in [0.2, 0.25) is 0 Å². The lowest BCUT2D eigenvalue weighted by atomic mass is 10.0. The molecule has 1 N–H and O–H groups in total. The van der Waals surface area contributed by atoms with Crippen molar-refractivity contribution in [1.29, 1.82) is 0 Å². The van der Waals surface area contributed by atoms with Gasteiger partial charge in [-0.15, -0.1) is 11.3 Å². The lowest BCUT2D eigenvalue weighted by molar-refractivity contribution is -0.131. The zero-order chi connectivity index (χ0) is 15.0. The second-order valence-electron chi connectivity index (χ2n) is 5.04. The molecule has 1 aliphatic heterocycles. The average molecular weight is 365 g/mol. The highest BCUT2D eigenvalue weighted by Crippen LogP contribution is 2.35. The molecular weight excluding hydrogens is 352 g/mol. The van der Waals surface area contributed by atoms with Gasteiger partial charge in [-0.3, -0.25) is 9.69 Å². The maximum atomic E-state index is 12.7. The minimum atomic E-state index is -0.984. The first-order chi connectivity index (χ1) is 10.0. The smallest absolute Gasteiger partial charge is 0.319 e. The molecule has 0 bridgehead atoms. The zero-order valence-corrected chi connectivity index (χ0v) is 13.7. The number of imide groups is 1. The van der Waals surface area contributed by atoms with E-state index in [0.29, 0.717) is 0 Å². The minimum Gasteiger partial charge on any atom is -0.319 e. The van der Waals surface area contributed by atoms with Crippen LogP contribution in [0, 0.1) is 0 Å². The summed E-state index contributed by atoms with van der Waals surface area (Å²) < 4.78 is 0.933. The van der Waals surface area contributed by atoms with E-state index in [1.807, 2.05) is 42.5 Å². The molecule has 1 aromatic heterocycles. The monoisotopic (exact) mass is 364 g/mol. The van der Waals surface area contributed by atoms with Crippen LogP contribution in [0.15, 0.2) is 46.3 Å². The van der Waals surface area contributed by atoms with E-state index in [-0.39, 0.29) is 18.5 Å². The molecule has 108 valence electrons. The number of amides is 3. The summed E-state index contributed by atoms with van der Waals surface area (Å²) >= 11 is 4.84. The van der Waals surface area contributed by atoms with E-state index in [1.54, 1.807) is 6.92 Å². The lowest BCUT2D eigenvalue weighted by Gasteiger charge is -2.20. The maximum Gasteiger partial charge on any atom is 0.325 e. The Balaban J connectivity index is 1.88. The third kappa shape index (κ3) is 2.49. The Morgan fingerprint density at radius 1 is 1.19 bits per heavy atom. The van der Waals surface area contributed by atoms with Gasteiger partial charge >= 0.3 is 6.03 Å². The van der Waals surface area contributed by atoms with Crippen LogP contribution in [-0.2, 0) is 16.9 Å². The SMILES string of the molecule is C[C@@]1(c2ccc(Br)s2)NC(=O)N(Cc2ccccc2)C1=O. The van der Waals surface area contributed by atoms with E-state index in [9.17, 15) is 9.59 Å². The molecule has 1 aromatic carbocycles. The summed E-state index contributed by atoms with van der Waals surface area (Å²) in [6, 6.07) is 12.9. The van der Waals surface area contributed by atoms with Gasteiger partial charge in [-0.1, -0.05) is 30.3 Å². The van der Waals surface area contributed by atoms with E-state index >= 15 is 0 Å². The number of benzene rings is 1. The predicted molar refractivity (Wildman–Crippen MR) is 84.9 cm³/mol. The normalized spacial score (nSPS) is 21.7. The first-order valence-electron chi connectivity index (χ1n) is 6.44. The fraction of sp³-hybridized carbons (Fsp3) is 0.200. The molecule has 4 nitrogen and oxygen atoms in total. The van der Waals surface area contributed by atoms with Crippen LogP contribution >= 0.6 is 27.3 Å². The molecule has 6 heteroatoms. The second-order valence-corrected chi connectivity index (χ2v) is 7.50. The van der Waals surface area contributed by atoms with Crippen LogP contribution in [0.5, 0.6) is 0 Å². The molecule has 0 unspecified atom stereocenters. The van der Waals surface area contributed by atoms with Crippen LogP contribution in [0.4, 0.5) is 4.79 Å². The highest BCUT2D eigenvalue weighted by Gasteiger charge is 2.49. The number of hydrogen-bond donors (Lipinski definition) is 1. The molecular formula is C15H13BrN2O2S. The molecule has 3 rings (SSSR count). The van der Waals surface area contributed by atoms with Gasteiger partial charge in [0.1, 0.15) is 0 Å². The first-order valence-corrected chi connectivity index (χ1v) is 8.05. The van der Waals surface area contributed by atoms with Gasteiger partial charge in [0.15, 0.2) is 5.54 Å². The van der Waals surface area contributed by atoms with Crippen molar-refractivity contribution in [3.63, 3.8) is 0 Å². The van der Waals surface area contributed by atoms with Crippen molar-refractivity contribution in [2.75, 3.05) is 0 Å². The molecule has 0 radical (unpaired) electrons. The van der Waals surface area contributed by atoms with E-state index in [4.69, 9.17) is 0 Å². The Kier molecular flexibility index (Phi) is 3.59. The number of thiophene rings is 1. The zero-order valence-electron chi connectivity index (χ0n) is 11.3. The van der Waals surface area contributed by atoms with Gasteiger partial charge in [0.05, 0.1) is 10.3 Å². The summed E-state index contributed by atoms with van der Waals surface area (Å²) in [5.41, 5.74) is -0.0552. The molecule has 1 fully saturated rings. The molecule has 1 aliphatic rings. The van der Waals surface area contributed by atoms with Crippen molar-refractivity contribution < 1.29 is 9.59 Å². The van der Waals surface area contributed by atoms with Crippen LogP contribution in [0.25, 0.3) is 0 Å². The molecule has 3 amide bonds. The Bertz CT molecular complexity index is 701. The summed E-state index contributed by atoms with van der Waals surface area (Å²) in [6.45, 7) is 2.03. The molecule has 0 saturated carbocycles. The van der Waals surface area contributed by atoms with E-state index < -0.39 is 5.54 Å². The summed E-state index contributed by atoms with van der Waals surface area (Å²) in [4.78, 5) is 26.9. The molecule has 2 heterocycles. The predicted octanol–water partition coefficient (Wildman–Crippen LogP) is 3.48. The summed E-state index contributed by atoms with van der Waals surface area (Å²) in [5, 5.41) is 2.81. The minimum absolute atomic E-state index is 0.217. The van der Waals surface area contributed by atoms with Gasteiger partial charge in [0, 0.05) is 4.88 Å². The third-order valence-electron chi connectivity index (χ3n) is 3.52. The Morgan fingerprint density at radius 2 is 1.90 bits per heavy atom. The lowest BCUT2D eigenvalue weighted by Crippen LogP contribution is -2.40. The fourth-order valence-corrected chi connectivity index (χ4v) is 3.84. The van der Waals surface area contributed by atoms with Gasteiger partial charge < -0.3 is 5.32 Å². The van der Waals surface area contributed by atoms with Gasteiger partial charge in [0.25, 0.3) is 5.91 Å². The van der Waals surface area contributed by atoms with Crippen LogP contribution in [-0.4, -0.2) is 16.8 Å². The quantitative estimate of drug-likeness (QED) is 0.847. The Hall–Kier alpha value is -1.66. The molecule has 1 saturated heterocycles. The largest absolute Gasteiger partial charge is 0.325 e. The van der Waals surface area contributed by atoms with Crippen LogP contribution in [0.1, 0.15) is 17.4 Å². The molecule has 21 heavy (non-hydrogen) atoms. The van der Waals surface area contributed by atoms with Gasteiger partial charge in [-0.2, -0.15) is 0 Å². The van der Waals surface area contributed by atoms with Crippen molar-refractivity contribution in [3.05, 3.63) is 56.7 Å². The second kappa shape index (κ2) is 5.27. The maximum absolute atomic E-state index is 12.7. The molecule has 0 aliphatic carbocycles. The van der Waals surface area contributed by atoms with Crippen molar-refractivity contribution in [2.24, 2.45) is 0 Å². The number of rotatable bonds is 3. The van der Waals surface area contributed by atoms with Crippen LogP contribution in [0.2, 0.25) is 0 Å². The van der Waals surface area contributed by atoms with Crippen molar-refractivity contribution in [2.45, 2.75) is 19.0 Å². The van der Waals surface area contributed by atoms with Crippen LogP contribution in [0.3, 0.4) is 0 Å². The van der Waals surface area contributed by atoms with E-state index in [2.05, 4.69) is 21.2 Å². The standard InChI is InChI=1S/C15H13BrN2O2S/c1-15(11-7-8-12(16)21-11)13(19)18(14(20)17-15)9-10-5-3-2-4-6-10/h2-8H,9H2,1H3,(H,17,20)/t15-/m0/s1. The number of urea groups is 1. The highest BCUT2D eigenvalue weighted by molar-refractivity contribution is 9.11.